The maximum absolute atomic E-state index is 10.9. The van der Waals surface area contributed by atoms with Gasteiger partial charge in [0.2, 0.25) is 11.8 Å². The van der Waals surface area contributed by atoms with Crippen molar-refractivity contribution < 1.29 is 38.9 Å². The molecular weight excluding hydrogens is 688 g/mol. The molecular formula is C42H56N4O8. The first-order valence-corrected chi connectivity index (χ1v) is 18.2. The molecule has 2 heterocycles. The van der Waals surface area contributed by atoms with Gasteiger partial charge < -0.3 is 41.8 Å². The fourth-order valence-corrected chi connectivity index (χ4v) is 6.31. The molecule has 2 aliphatic heterocycles. The number of rotatable bonds is 8. The van der Waals surface area contributed by atoms with Gasteiger partial charge in [-0.15, -0.1) is 0 Å². The highest BCUT2D eigenvalue weighted by atomic mass is 16.5. The van der Waals surface area contributed by atoms with E-state index < -0.39 is 23.8 Å². The van der Waals surface area contributed by atoms with Crippen molar-refractivity contribution >= 4 is 45.3 Å². The van der Waals surface area contributed by atoms with Crippen LogP contribution in [0.25, 0.3) is 21.5 Å². The molecule has 4 aromatic rings. The van der Waals surface area contributed by atoms with Crippen molar-refractivity contribution in [1.82, 2.24) is 10.6 Å². The van der Waals surface area contributed by atoms with E-state index in [9.17, 15) is 19.2 Å². The molecule has 0 spiro atoms. The Hall–Kier alpha value is -5.20. The van der Waals surface area contributed by atoms with Crippen LogP contribution >= 0.6 is 0 Å². The van der Waals surface area contributed by atoms with Crippen LogP contribution in [-0.2, 0) is 19.2 Å². The zero-order chi connectivity index (χ0) is 39.9. The number of aliphatic carboxylic acids is 2. The Morgan fingerprint density at radius 3 is 1.20 bits per heavy atom. The summed E-state index contributed by atoms with van der Waals surface area (Å²) in [7, 11) is 3.25. The number of primary amides is 2. The minimum absolute atomic E-state index is 0.0590. The molecule has 0 aromatic heterocycles. The molecule has 292 valence electrons. The second kappa shape index (κ2) is 20.9. The van der Waals surface area contributed by atoms with Crippen molar-refractivity contribution in [2.75, 3.05) is 40.4 Å². The molecule has 12 nitrogen and oxygen atoms in total. The standard InChI is InChI=1S/2C14H14O3.2C7H14N2O/c2*1-9(14(15)16)10-3-4-12-8-13(17-2)6-5-11(12)7-10;2*1-5-2-6(7(8)10)4-9-3-5/h2*3-9H,1-2H3,(H,15,16);2*5-6,9H,2-4H2,1H3,(H2,8,10)/t2*9-;2*5-,6-/m0010/s1. The van der Waals surface area contributed by atoms with Crippen LogP contribution in [0.5, 0.6) is 11.5 Å². The van der Waals surface area contributed by atoms with Crippen molar-refractivity contribution in [3.8, 4) is 11.5 Å². The summed E-state index contributed by atoms with van der Waals surface area (Å²) in [6.07, 6.45) is 1.89. The molecule has 8 N–H and O–H groups in total. The summed E-state index contributed by atoms with van der Waals surface area (Å²) in [5.74, 6) is -0.0186. The number of nitrogens with one attached hydrogen (secondary N) is 2. The minimum atomic E-state index is -0.808. The molecule has 4 aromatic carbocycles. The smallest absolute Gasteiger partial charge is 0.310 e. The summed E-state index contributed by atoms with van der Waals surface area (Å²) < 4.78 is 10.3. The number of hydrogen-bond acceptors (Lipinski definition) is 8. The van der Waals surface area contributed by atoms with Gasteiger partial charge in [-0.3, -0.25) is 19.2 Å². The zero-order valence-electron chi connectivity index (χ0n) is 32.1. The first kappa shape index (κ1) is 43.2. The van der Waals surface area contributed by atoms with Gasteiger partial charge in [-0.05, 0) is 109 Å². The highest BCUT2D eigenvalue weighted by molar-refractivity contribution is 5.87. The third-order valence-corrected chi connectivity index (χ3v) is 9.83. The molecule has 2 saturated heterocycles. The highest BCUT2D eigenvalue weighted by Crippen LogP contribution is 2.26. The Bertz CT molecular complexity index is 1750. The van der Waals surface area contributed by atoms with Gasteiger partial charge in [0.25, 0.3) is 0 Å². The van der Waals surface area contributed by atoms with E-state index in [0.717, 1.165) is 83.2 Å². The highest BCUT2D eigenvalue weighted by Gasteiger charge is 2.23. The normalized spacial score (nSPS) is 20.3. The van der Waals surface area contributed by atoms with E-state index in [4.69, 9.17) is 31.2 Å². The SMILES string of the molecule is COc1ccc2cc([C@H](C)C(=O)O)ccc2c1.COc1ccc2cc([C@H](C)C(=O)O)ccc2c1.C[C@@H]1CNC[C@@H](C(N)=O)C1.C[C@H]1CNC[C@H](C(N)=O)C1. The predicted molar refractivity (Wildman–Crippen MR) is 212 cm³/mol. The number of ether oxygens (including phenoxy) is 2. The lowest BCUT2D eigenvalue weighted by molar-refractivity contribution is -0.139. The van der Waals surface area contributed by atoms with E-state index in [1.54, 1.807) is 28.1 Å². The lowest BCUT2D eigenvalue weighted by Crippen LogP contribution is -2.41. The number of carbonyl (C=O) groups is 4. The summed E-state index contributed by atoms with van der Waals surface area (Å²) in [4.78, 5) is 43.2. The van der Waals surface area contributed by atoms with Crippen molar-refractivity contribution in [3.05, 3.63) is 83.9 Å². The van der Waals surface area contributed by atoms with Gasteiger partial charge in [0.05, 0.1) is 37.9 Å². The maximum Gasteiger partial charge on any atom is 0.310 e. The Balaban J connectivity index is 0.000000200. The molecule has 6 rings (SSSR count). The molecule has 6 atom stereocenters. The monoisotopic (exact) mass is 744 g/mol. The van der Waals surface area contributed by atoms with E-state index in [2.05, 4.69) is 24.5 Å². The number of methoxy groups -OCH3 is 2. The van der Waals surface area contributed by atoms with Gasteiger partial charge in [0.15, 0.2) is 0 Å². The second-order valence-electron chi connectivity index (χ2n) is 14.3. The van der Waals surface area contributed by atoms with Crippen LogP contribution in [0, 0.1) is 23.7 Å². The molecule has 2 aliphatic rings. The maximum atomic E-state index is 10.9. The predicted octanol–water partition coefficient (Wildman–Crippen LogP) is 5.51. The Morgan fingerprint density at radius 2 is 0.926 bits per heavy atom. The van der Waals surface area contributed by atoms with Crippen LogP contribution in [-0.4, -0.2) is 74.4 Å². The third-order valence-electron chi connectivity index (χ3n) is 9.83. The quantitative estimate of drug-likeness (QED) is 0.134. The van der Waals surface area contributed by atoms with Crippen molar-refractivity contribution in [3.63, 3.8) is 0 Å². The van der Waals surface area contributed by atoms with E-state index in [0.29, 0.717) is 11.8 Å². The molecule has 0 bridgehead atoms. The number of piperidine rings is 2. The summed E-state index contributed by atoms with van der Waals surface area (Å²) in [5, 5.41) is 28.4. The van der Waals surface area contributed by atoms with Crippen LogP contribution < -0.4 is 31.6 Å². The van der Waals surface area contributed by atoms with Crippen molar-refractivity contribution in [1.29, 1.82) is 0 Å². The van der Waals surface area contributed by atoms with Gasteiger partial charge in [-0.2, -0.15) is 0 Å². The molecule has 54 heavy (non-hydrogen) atoms. The summed E-state index contributed by atoms with van der Waals surface area (Å²) in [6, 6.07) is 22.9. The molecule has 0 radical (unpaired) electrons. The first-order chi connectivity index (χ1) is 25.6. The van der Waals surface area contributed by atoms with Gasteiger partial charge in [0.1, 0.15) is 11.5 Å². The number of benzene rings is 4. The van der Waals surface area contributed by atoms with Crippen LogP contribution in [0.4, 0.5) is 0 Å². The number of hydrogen-bond donors (Lipinski definition) is 6. The fourth-order valence-electron chi connectivity index (χ4n) is 6.31. The van der Waals surface area contributed by atoms with Crippen molar-refractivity contribution in [2.24, 2.45) is 35.1 Å². The van der Waals surface area contributed by atoms with Crippen molar-refractivity contribution in [2.45, 2.75) is 52.4 Å². The Kier molecular flexibility index (Phi) is 16.7. The average Bonchev–Trinajstić information content (AvgIpc) is 3.17. The number of carbonyl (C=O) groups excluding carboxylic acids is 2. The fraction of sp³-hybridized carbons (Fsp3) is 0.429. The summed E-state index contributed by atoms with van der Waals surface area (Å²) in [6.45, 7) is 11.2. The van der Waals surface area contributed by atoms with Gasteiger partial charge >= 0.3 is 11.9 Å². The molecule has 0 saturated carbocycles. The van der Waals surface area contributed by atoms with E-state index in [-0.39, 0.29) is 23.7 Å². The Labute approximate surface area is 317 Å². The van der Waals surface area contributed by atoms with Crippen LogP contribution in [0.15, 0.2) is 72.8 Å². The van der Waals surface area contributed by atoms with E-state index in [1.807, 2.05) is 72.8 Å². The molecule has 2 fully saturated rings. The number of carboxylic acids is 2. The zero-order valence-corrected chi connectivity index (χ0v) is 32.1. The topological polar surface area (TPSA) is 203 Å². The number of fused-ring (bicyclic) bond motifs is 2. The largest absolute Gasteiger partial charge is 0.497 e. The summed E-state index contributed by atoms with van der Waals surface area (Å²) >= 11 is 0. The summed E-state index contributed by atoms with van der Waals surface area (Å²) in [5.41, 5.74) is 11.9. The molecule has 12 heteroatoms. The van der Waals surface area contributed by atoms with E-state index in [1.165, 1.54) is 0 Å². The molecule has 0 unspecified atom stereocenters. The minimum Gasteiger partial charge on any atom is -0.497 e. The Morgan fingerprint density at radius 1 is 0.593 bits per heavy atom. The lowest BCUT2D eigenvalue weighted by Gasteiger charge is -2.25. The second-order valence-corrected chi connectivity index (χ2v) is 14.3. The number of amides is 2. The van der Waals surface area contributed by atoms with Crippen LogP contribution in [0.1, 0.15) is 63.5 Å². The molecule has 0 aliphatic carbocycles. The average molecular weight is 745 g/mol. The number of nitrogens with two attached hydrogens (primary N) is 2. The van der Waals surface area contributed by atoms with Crippen LogP contribution in [0.2, 0.25) is 0 Å². The third kappa shape index (κ3) is 13.0. The first-order valence-electron chi connectivity index (χ1n) is 18.2. The van der Waals surface area contributed by atoms with Gasteiger partial charge in [-0.1, -0.05) is 62.4 Å². The van der Waals surface area contributed by atoms with Crippen LogP contribution in [0.3, 0.4) is 0 Å². The lowest BCUT2D eigenvalue weighted by atomic mass is 9.91. The van der Waals surface area contributed by atoms with Gasteiger partial charge in [-0.25, -0.2) is 0 Å². The van der Waals surface area contributed by atoms with E-state index >= 15 is 0 Å². The molecule has 2 amide bonds. The van der Waals surface area contributed by atoms with Gasteiger partial charge in [0, 0.05) is 13.1 Å². The number of carboxylic acid groups (broad SMARTS) is 2.